The van der Waals surface area contributed by atoms with Gasteiger partial charge in [-0.05, 0) is 43.0 Å². The van der Waals surface area contributed by atoms with Gasteiger partial charge in [-0.25, -0.2) is 4.79 Å². The maximum atomic E-state index is 12.0. The molecule has 100 valence electrons. The van der Waals surface area contributed by atoms with Crippen LogP contribution in [0.2, 0.25) is 0 Å². The van der Waals surface area contributed by atoms with Crippen LogP contribution in [0, 0.1) is 17.2 Å². The summed E-state index contributed by atoms with van der Waals surface area (Å²) in [7, 11) is 0. The molecule has 1 unspecified atom stereocenters. The largest absolute Gasteiger partial charge is 0.396 e. The van der Waals surface area contributed by atoms with Crippen LogP contribution in [0.1, 0.15) is 18.4 Å². The Morgan fingerprint density at radius 1 is 1.47 bits per heavy atom. The number of aliphatic hydroxyl groups excluding tert-OH is 1. The highest BCUT2D eigenvalue weighted by molar-refractivity contribution is 5.89. The molecule has 1 aromatic carbocycles. The molecule has 1 fully saturated rings. The van der Waals surface area contributed by atoms with Crippen molar-refractivity contribution in [2.75, 3.05) is 25.0 Å². The second kappa shape index (κ2) is 6.21. The zero-order chi connectivity index (χ0) is 13.7. The number of nitrogens with zero attached hydrogens (tertiary/aromatic N) is 2. The number of nitrogens with one attached hydrogen (secondary N) is 1. The monoisotopic (exact) mass is 259 g/mol. The average Bonchev–Trinajstić information content (AvgIpc) is 2.89. The van der Waals surface area contributed by atoms with Crippen molar-refractivity contribution in [3.63, 3.8) is 0 Å². The standard InChI is InChI=1S/C14H17N3O2/c15-9-11-1-3-13(4-2-11)16-14(19)17-7-5-12(10-17)6-8-18/h1-4,12,18H,5-8,10H2,(H,16,19). The van der Waals surface area contributed by atoms with Gasteiger partial charge in [-0.3, -0.25) is 0 Å². The number of carbonyl (C=O) groups excluding carboxylic acids is 1. The molecule has 1 atom stereocenters. The summed E-state index contributed by atoms with van der Waals surface area (Å²) < 4.78 is 0. The first-order valence-electron chi connectivity index (χ1n) is 6.40. The predicted octanol–water partition coefficient (Wildman–Crippen LogP) is 1.79. The van der Waals surface area contributed by atoms with Gasteiger partial charge < -0.3 is 15.3 Å². The highest BCUT2D eigenvalue weighted by Crippen LogP contribution is 2.20. The lowest BCUT2D eigenvalue weighted by Gasteiger charge is -2.17. The molecule has 5 nitrogen and oxygen atoms in total. The van der Waals surface area contributed by atoms with Crippen molar-refractivity contribution in [2.24, 2.45) is 5.92 Å². The molecule has 0 saturated carbocycles. The van der Waals surface area contributed by atoms with Crippen LogP contribution >= 0.6 is 0 Å². The van der Waals surface area contributed by atoms with Crippen molar-refractivity contribution < 1.29 is 9.90 Å². The third-order valence-corrected chi connectivity index (χ3v) is 3.38. The molecular weight excluding hydrogens is 242 g/mol. The third kappa shape index (κ3) is 3.46. The van der Waals surface area contributed by atoms with Crippen LogP contribution in [0.5, 0.6) is 0 Å². The zero-order valence-corrected chi connectivity index (χ0v) is 10.7. The summed E-state index contributed by atoms with van der Waals surface area (Å²) in [5.41, 5.74) is 1.26. The number of benzene rings is 1. The van der Waals surface area contributed by atoms with Gasteiger partial charge in [0.25, 0.3) is 0 Å². The molecule has 0 aromatic heterocycles. The minimum absolute atomic E-state index is 0.120. The first kappa shape index (κ1) is 13.4. The number of aliphatic hydroxyl groups is 1. The zero-order valence-electron chi connectivity index (χ0n) is 10.7. The Morgan fingerprint density at radius 2 is 2.21 bits per heavy atom. The molecular formula is C14H17N3O2. The normalized spacial score (nSPS) is 18.1. The Hall–Kier alpha value is -2.06. The van der Waals surface area contributed by atoms with Crippen LogP contribution in [-0.4, -0.2) is 35.7 Å². The van der Waals surface area contributed by atoms with Crippen LogP contribution in [0.3, 0.4) is 0 Å². The maximum Gasteiger partial charge on any atom is 0.321 e. The number of anilines is 1. The number of likely N-dealkylation sites (tertiary alicyclic amines) is 1. The van der Waals surface area contributed by atoms with Crippen LogP contribution < -0.4 is 5.32 Å². The molecule has 0 spiro atoms. The summed E-state index contributed by atoms with van der Waals surface area (Å²) in [5.74, 6) is 0.400. The molecule has 0 radical (unpaired) electrons. The number of hydrogen-bond donors (Lipinski definition) is 2. The number of urea groups is 1. The maximum absolute atomic E-state index is 12.0. The molecule has 1 aliphatic rings. The first-order chi connectivity index (χ1) is 9.22. The molecule has 1 aliphatic heterocycles. The smallest absolute Gasteiger partial charge is 0.321 e. The molecule has 19 heavy (non-hydrogen) atoms. The van der Waals surface area contributed by atoms with Gasteiger partial charge in [-0.2, -0.15) is 5.26 Å². The topological polar surface area (TPSA) is 76.4 Å². The highest BCUT2D eigenvalue weighted by atomic mass is 16.3. The molecule has 5 heteroatoms. The molecule has 1 aromatic rings. The molecule has 1 heterocycles. The Balaban J connectivity index is 1.89. The van der Waals surface area contributed by atoms with E-state index in [0.717, 1.165) is 19.4 Å². The van der Waals surface area contributed by atoms with E-state index in [4.69, 9.17) is 10.4 Å². The van der Waals surface area contributed by atoms with E-state index in [-0.39, 0.29) is 12.6 Å². The number of rotatable bonds is 3. The van der Waals surface area contributed by atoms with Crippen molar-refractivity contribution >= 4 is 11.7 Å². The van der Waals surface area contributed by atoms with Crippen molar-refractivity contribution in [1.29, 1.82) is 5.26 Å². The summed E-state index contributed by atoms with van der Waals surface area (Å²) in [6, 6.07) is 8.70. The van der Waals surface area contributed by atoms with Gasteiger partial charge in [0, 0.05) is 25.4 Å². The fourth-order valence-electron chi connectivity index (χ4n) is 2.27. The van der Waals surface area contributed by atoms with E-state index in [1.54, 1.807) is 29.2 Å². The Bertz CT molecular complexity index is 478. The van der Waals surface area contributed by atoms with Gasteiger partial charge in [0.05, 0.1) is 11.6 Å². The molecule has 0 aliphatic carbocycles. The Morgan fingerprint density at radius 3 is 2.84 bits per heavy atom. The fourth-order valence-corrected chi connectivity index (χ4v) is 2.27. The third-order valence-electron chi connectivity index (χ3n) is 3.38. The van der Waals surface area contributed by atoms with Crippen molar-refractivity contribution in [3.05, 3.63) is 29.8 Å². The van der Waals surface area contributed by atoms with Crippen molar-refractivity contribution in [3.8, 4) is 6.07 Å². The van der Waals surface area contributed by atoms with Crippen LogP contribution in [-0.2, 0) is 0 Å². The van der Waals surface area contributed by atoms with Crippen LogP contribution in [0.15, 0.2) is 24.3 Å². The van der Waals surface area contributed by atoms with Crippen molar-refractivity contribution in [1.82, 2.24) is 4.90 Å². The van der Waals surface area contributed by atoms with E-state index >= 15 is 0 Å². The highest BCUT2D eigenvalue weighted by Gasteiger charge is 2.25. The Labute approximate surface area is 112 Å². The van der Waals surface area contributed by atoms with E-state index in [2.05, 4.69) is 5.32 Å². The van der Waals surface area contributed by atoms with Crippen LogP contribution in [0.4, 0.5) is 10.5 Å². The number of amides is 2. The SMILES string of the molecule is N#Cc1ccc(NC(=O)N2CCC(CCO)C2)cc1. The number of nitriles is 1. The lowest BCUT2D eigenvalue weighted by atomic mass is 10.1. The van der Waals surface area contributed by atoms with Crippen molar-refractivity contribution in [2.45, 2.75) is 12.8 Å². The minimum Gasteiger partial charge on any atom is -0.396 e. The molecule has 0 bridgehead atoms. The molecule has 2 amide bonds. The van der Waals surface area contributed by atoms with Gasteiger partial charge in [-0.1, -0.05) is 0 Å². The number of hydrogen-bond acceptors (Lipinski definition) is 3. The van der Waals surface area contributed by atoms with Gasteiger partial charge >= 0.3 is 6.03 Å². The Kier molecular flexibility index (Phi) is 4.37. The molecule has 2 rings (SSSR count). The van der Waals surface area contributed by atoms with Gasteiger partial charge in [0.2, 0.25) is 0 Å². The predicted molar refractivity (Wildman–Crippen MR) is 71.6 cm³/mol. The fraction of sp³-hybridized carbons (Fsp3) is 0.429. The molecule has 1 saturated heterocycles. The van der Waals surface area contributed by atoms with Crippen LogP contribution in [0.25, 0.3) is 0 Å². The minimum atomic E-state index is -0.120. The second-order valence-corrected chi connectivity index (χ2v) is 4.73. The molecule has 2 N–H and O–H groups in total. The van der Waals surface area contributed by atoms with Gasteiger partial charge in [-0.15, -0.1) is 0 Å². The lowest BCUT2D eigenvalue weighted by Crippen LogP contribution is -2.33. The number of carbonyl (C=O) groups is 1. The van der Waals surface area contributed by atoms with E-state index in [1.165, 1.54) is 0 Å². The van der Waals surface area contributed by atoms with Gasteiger partial charge in [0.15, 0.2) is 0 Å². The van der Waals surface area contributed by atoms with E-state index in [1.807, 2.05) is 6.07 Å². The van der Waals surface area contributed by atoms with E-state index in [0.29, 0.717) is 23.7 Å². The summed E-state index contributed by atoms with van der Waals surface area (Å²) in [6.07, 6.45) is 1.70. The summed E-state index contributed by atoms with van der Waals surface area (Å²) in [4.78, 5) is 13.8. The van der Waals surface area contributed by atoms with E-state index < -0.39 is 0 Å². The van der Waals surface area contributed by atoms with Gasteiger partial charge in [0.1, 0.15) is 0 Å². The summed E-state index contributed by atoms with van der Waals surface area (Å²) in [5, 5.41) is 20.4. The van der Waals surface area contributed by atoms with E-state index in [9.17, 15) is 4.79 Å². The average molecular weight is 259 g/mol. The first-order valence-corrected chi connectivity index (χ1v) is 6.40. The lowest BCUT2D eigenvalue weighted by molar-refractivity contribution is 0.217. The summed E-state index contributed by atoms with van der Waals surface area (Å²) in [6.45, 7) is 1.60. The quantitative estimate of drug-likeness (QED) is 0.869. The summed E-state index contributed by atoms with van der Waals surface area (Å²) >= 11 is 0. The second-order valence-electron chi connectivity index (χ2n) is 4.73.